The minimum Gasteiger partial charge on any atom is -0.462 e. The molecule has 0 saturated carbocycles. The highest BCUT2D eigenvalue weighted by Crippen LogP contribution is 2.16. The molecule has 14 heavy (non-hydrogen) atoms. The second-order valence-electron chi connectivity index (χ2n) is 3.16. The van der Waals surface area contributed by atoms with Crippen LogP contribution in [0.3, 0.4) is 0 Å². The van der Waals surface area contributed by atoms with Crippen molar-refractivity contribution in [3.63, 3.8) is 0 Å². The van der Waals surface area contributed by atoms with E-state index in [2.05, 4.69) is 0 Å². The third-order valence-corrected chi connectivity index (χ3v) is 1.91. The van der Waals surface area contributed by atoms with E-state index in [1.807, 2.05) is 0 Å². The van der Waals surface area contributed by atoms with E-state index >= 15 is 0 Å². The van der Waals surface area contributed by atoms with E-state index < -0.39 is 11.8 Å². The van der Waals surface area contributed by atoms with Gasteiger partial charge >= 0.3 is 5.97 Å². The van der Waals surface area contributed by atoms with E-state index in [4.69, 9.17) is 4.74 Å². The van der Waals surface area contributed by atoms with Gasteiger partial charge in [0, 0.05) is 0 Å². The van der Waals surface area contributed by atoms with Gasteiger partial charge in [-0.1, -0.05) is 6.07 Å². The predicted molar refractivity (Wildman–Crippen MR) is 51.8 cm³/mol. The van der Waals surface area contributed by atoms with Crippen LogP contribution in [0.5, 0.6) is 0 Å². The minimum atomic E-state index is -0.595. The van der Waals surface area contributed by atoms with Crippen LogP contribution in [0, 0.1) is 19.7 Å². The van der Waals surface area contributed by atoms with Gasteiger partial charge in [-0.25, -0.2) is 9.18 Å². The van der Waals surface area contributed by atoms with Crippen molar-refractivity contribution in [2.75, 3.05) is 6.61 Å². The van der Waals surface area contributed by atoms with E-state index in [0.29, 0.717) is 5.56 Å². The lowest BCUT2D eigenvalue weighted by atomic mass is 10.1. The van der Waals surface area contributed by atoms with Crippen molar-refractivity contribution < 1.29 is 13.9 Å². The molecule has 1 aromatic carbocycles. The number of hydrogen-bond donors (Lipinski definition) is 0. The maximum absolute atomic E-state index is 13.4. The number of halogens is 1. The van der Waals surface area contributed by atoms with E-state index in [1.54, 1.807) is 26.8 Å². The van der Waals surface area contributed by atoms with Crippen LogP contribution in [0.1, 0.15) is 28.4 Å². The molecular formula is C11H13FO2. The smallest absolute Gasteiger partial charge is 0.341 e. The summed E-state index contributed by atoms with van der Waals surface area (Å²) in [6.07, 6.45) is 0. The quantitative estimate of drug-likeness (QED) is 0.679. The number of benzene rings is 1. The Bertz CT molecular complexity index is 335. The number of aryl methyl sites for hydroxylation is 2. The molecule has 0 N–H and O–H groups in total. The highest BCUT2D eigenvalue weighted by atomic mass is 19.1. The van der Waals surface area contributed by atoms with Crippen molar-refractivity contribution in [3.8, 4) is 0 Å². The van der Waals surface area contributed by atoms with Crippen LogP contribution in [-0.4, -0.2) is 12.6 Å². The molecule has 0 aliphatic carbocycles. The fraction of sp³-hybridized carbons (Fsp3) is 0.364. The van der Waals surface area contributed by atoms with Crippen LogP contribution in [0.4, 0.5) is 4.39 Å². The fourth-order valence-electron chi connectivity index (χ4n) is 1.38. The molecule has 0 aliphatic rings. The molecule has 0 atom stereocenters. The average molecular weight is 196 g/mol. The molecule has 0 bridgehead atoms. The highest BCUT2D eigenvalue weighted by molar-refractivity contribution is 5.91. The van der Waals surface area contributed by atoms with Gasteiger partial charge in [0.05, 0.1) is 12.2 Å². The first-order valence-electron chi connectivity index (χ1n) is 4.50. The maximum atomic E-state index is 13.4. The zero-order chi connectivity index (χ0) is 10.7. The van der Waals surface area contributed by atoms with Gasteiger partial charge < -0.3 is 4.74 Å². The van der Waals surface area contributed by atoms with Gasteiger partial charge in [0.1, 0.15) is 5.82 Å². The first-order valence-corrected chi connectivity index (χ1v) is 4.50. The van der Waals surface area contributed by atoms with Gasteiger partial charge in [0.25, 0.3) is 0 Å². The van der Waals surface area contributed by atoms with E-state index in [0.717, 1.165) is 5.56 Å². The van der Waals surface area contributed by atoms with Crippen LogP contribution in [0.25, 0.3) is 0 Å². The summed E-state index contributed by atoms with van der Waals surface area (Å²) >= 11 is 0. The van der Waals surface area contributed by atoms with Crippen molar-refractivity contribution in [1.29, 1.82) is 0 Å². The average Bonchev–Trinajstić information content (AvgIpc) is 2.01. The second kappa shape index (κ2) is 4.22. The fourth-order valence-corrected chi connectivity index (χ4v) is 1.38. The lowest BCUT2D eigenvalue weighted by Gasteiger charge is -2.07. The zero-order valence-electron chi connectivity index (χ0n) is 8.56. The van der Waals surface area contributed by atoms with E-state index in [1.165, 1.54) is 6.07 Å². The maximum Gasteiger partial charge on any atom is 0.341 e. The predicted octanol–water partition coefficient (Wildman–Crippen LogP) is 2.62. The van der Waals surface area contributed by atoms with Gasteiger partial charge in [0.15, 0.2) is 0 Å². The summed E-state index contributed by atoms with van der Waals surface area (Å²) in [6.45, 7) is 5.43. The van der Waals surface area contributed by atoms with Crippen LogP contribution >= 0.6 is 0 Å². The Morgan fingerprint density at radius 1 is 1.43 bits per heavy atom. The summed E-state index contributed by atoms with van der Waals surface area (Å²) in [5.41, 5.74) is 1.45. The summed E-state index contributed by atoms with van der Waals surface area (Å²) in [4.78, 5) is 11.3. The standard InChI is InChI=1S/C11H13FO2/c1-4-14-11(13)10-8(3)5-7(2)6-9(10)12/h5-6H,4H2,1-3H3. The van der Waals surface area contributed by atoms with Gasteiger partial charge in [-0.3, -0.25) is 0 Å². The molecule has 0 fully saturated rings. The third kappa shape index (κ3) is 2.10. The van der Waals surface area contributed by atoms with Crippen molar-refractivity contribution >= 4 is 5.97 Å². The molecule has 0 spiro atoms. The molecule has 0 amide bonds. The number of carbonyl (C=O) groups is 1. The van der Waals surface area contributed by atoms with Crippen LogP contribution < -0.4 is 0 Å². The third-order valence-electron chi connectivity index (χ3n) is 1.91. The molecule has 0 unspecified atom stereocenters. The van der Waals surface area contributed by atoms with E-state index in [-0.39, 0.29) is 12.2 Å². The van der Waals surface area contributed by atoms with Gasteiger partial charge in [0.2, 0.25) is 0 Å². The number of carbonyl (C=O) groups excluding carboxylic acids is 1. The Balaban J connectivity index is 3.14. The summed E-state index contributed by atoms with van der Waals surface area (Å²) < 4.78 is 18.1. The monoisotopic (exact) mass is 196 g/mol. The molecule has 76 valence electrons. The number of hydrogen-bond acceptors (Lipinski definition) is 2. The molecule has 0 radical (unpaired) electrons. The molecule has 1 rings (SSSR count). The highest BCUT2D eigenvalue weighted by Gasteiger charge is 2.15. The van der Waals surface area contributed by atoms with E-state index in [9.17, 15) is 9.18 Å². The number of rotatable bonds is 2. The summed E-state index contributed by atoms with van der Waals surface area (Å²) in [7, 11) is 0. The SMILES string of the molecule is CCOC(=O)c1c(C)cc(C)cc1F. The summed E-state index contributed by atoms with van der Waals surface area (Å²) in [5.74, 6) is -1.11. The molecule has 0 heterocycles. The second-order valence-corrected chi connectivity index (χ2v) is 3.16. The van der Waals surface area contributed by atoms with Crippen LogP contribution in [0.15, 0.2) is 12.1 Å². The molecule has 1 aromatic rings. The van der Waals surface area contributed by atoms with Crippen molar-refractivity contribution in [2.24, 2.45) is 0 Å². The van der Waals surface area contributed by atoms with Crippen LogP contribution in [0.2, 0.25) is 0 Å². The Hall–Kier alpha value is -1.38. The Kier molecular flexibility index (Phi) is 3.23. The minimum absolute atomic E-state index is 0.0393. The van der Waals surface area contributed by atoms with Crippen molar-refractivity contribution in [3.05, 3.63) is 34.6 Å². The summed E-state index contributed by atoms with van der Waals surface area (Å²) in [6, 6.07) is 3.09. The van der Waals surface area contributed by atoms with Crippen molar-refractivity contribution in [1.82, 2.24) is 0 Å². The molecule has 2 nitrogen and oxygen atoms in total. The number of ether oxygens (including phenoxy) is 1. The Morgan fingerprint density at radius 2 is 2.07 bits per heavy atom. The number of esters is 1. The summed E-state index contributed by atoms with van der Waals surface area (Å²) in [5, 5.41) is 0. The molecule has 0 saturated heterocycles. The Labute approximate surface area is 82.7 Å². The lowest BCUT2D eigenvalue weighted by Crippen LogP contribution is -2.09. The van der Waals surface area contributed by atoms with Crippen LogP contribution in [-0.2, 0) is 4.74 Å². The van der Waals surface area contributed by atoms with Gasteiger partial charge in [-0.2, -0.15) is 0 Å². The van der Waals surface area contributed by atoms with Gasteiger partial charge in [-0.05, 0) is 38.0 Å². The van der Waals surface area contributed by atoms with Crippen molar-refractivity contribution in [2.45, 2.75) is 20.8 Å². The molecule has 0 aliphatic heterocycles. The first-order chi connectivity index (χ1) is 6.56. The first kappa shape index (κ1) is 10.7. The van der Waals surface area contributed by atoms with Gasteiger partial charge in [-0.15, -0.1) is 0 Å². The topological polar surface area (TPSA) is 26.3 Å². The Morgan fingerprint density at radius 3 is 2.57 bits per heavy atom. The lowest BCUT2D eigenvalue weighted by molar-refractivity contribution is 0.0520. The largest absolute Gasteiger partial charge is 0.462 e. The normalized spacial score (nSPS) is 10.0. The molecular weight excluding hydrogens is 183 g/mol. The molecule has 3 heteroatoms. The molecule has 0 aromatic heterocycles. The zero-order valence-corrected chi connectivity index (χ0v) is 8.56.